The Morgan fingerprint density at radius 2 is 2.04 bits per heavy atom. The Bertz CT molecular complexity index is 496. The zero-order valence-corrected chi connectivity index (χ0v) is 14.0. The number of carbonyl (C=O) groups is 1. The smallest absolute Gasteiger partial charge is 0.471 e. The number of halogens is 3. The Kier molecular flexibility index (Phi) is 6.13. The number of nitrogens with two attached hydrogens (primary N) is 1. The molecule has 1 rings (SSSR count). The quantitative estimate of drug-likeness (QED) is 0.801. The van der Waals surface area contributed by atoms with Crippen LogP contribution in [0, 0.1) is 11.3 Å². The van der Waals surface area contributed by atoms with Crippen LogP contribution in [-0.2, 0) is 9.53 Å². The van der Waals surface area contributed by atoms with E-state index in [2.05, 4.69) is 0 Å². The first-order valence-corrected chi connectivity index (χ1v) is 7.50. The number of allylic oxidation sites excluding steroid dienone is 1. The Morgan fingerprint density at radius 3 is 2.57 bits per heavy atom. The molecule has 0 aromatic rings. The summed E-state index contributed by atoms with van der Waals surface area (Å²) in [6, 6.07) is 0. The van der Waals surface area contributed by atoms with Gasteiger partial charge >= 0.3 is 12.1 Å². The second-order valence-corrected chi connectivity index (χ2v) is 6.82. The topological polar surface area (TPSA) is 55.6 Å². The summed E-state index contributed by atoms with van der Waals surface area (Å²) >= 11 is 0. The number of carbonyl (C=O) groups excluding carboxylic acids is 1. The number of nitrogens with zero attached hydrogens (tertiary/aromatic N) is 1. The number of rotatable bonds is 1. The summed E-state index contributed by atoms with van der Waals surface area (Å²) < 4.78 is 43.8. The lowest BCUT2D eigenvalue weighted by molar-refractivity contribution is -0.187. The largest absolute Gasteiger partial charge is 0.501 e. The lowest BCUT2D eigenvalue weighted by Crippen LogP contribution is -2.47. The van der Waals surface area contributed by atoms with Crippen molar-refractivity contribution in [3.8, 4) is 0 Å². The summed E-state index contributed by atoms with van der Waals surface area (Å²) in [7, 11) is 1.54. The van der Waals surface area contributed by atoms with Crippen LogP contribution >= 0.6 is 0 Å². The van der Waals surface area contributed by atoms with Crippen molar-refractivity contribution in [2.75, 3.05) is 20.2 Å². The van der Waals surface area contributed by atoms with Gasteiger partial charge in [0.25, 0.3) is 0 Å². The molecule has 0 aromatic heterocycles. The summed E-state index contributed by atoms with van der Waals surface area (Å²) in [6.45, 7) is 5.38. The molecule has 1 amide bonds. The van der Waals surface area contributed by atoms with Gasteiger partial charge in [0.1, 0.15) is 0 Å². The first-order chi connectivity index (χ1) is 10.4. The van der Waals surface area contributed by atoms with Crippen LogP contribution in [0.1, 0.15) is 33.6 Å². The summed E-state index contributed by atoms with van der Waals surface area (Å²) in [4.78, 5) is 12.6. The molecule has 2 N–H and O–H groups in total. The van der Waals surface area contributed by atoms with Crippen molar-refractivity contribution in [1.82, 2.24) is 4.90 Å². The first kappa shape index (κ1) is 19.4. The zero-order chi connectivity index (χ0) is 17.8. The number of amides is 1. The molecule has 0 fully saturated rings. The fraction of sp³-hybridized carbons (Fsp3) is 0.688. The van der Waals surface area contributed by atoms with E-state index in [1.165, 1.54) is 7.11 Å². The van der Waals surface area contributed by atoms with Crippen LogP contribution < -0.4 is 5.73 Å². The average Bonchev–Trinajstić information content (AvgIpc) is 2.41. The van der Waals surface area contributed by atoms with Crippen molar-refractivity contribution in [2.24, 2.45) is 17.1 Å². The van der Waals surface area contributed by atoms with E-state index in [0.29, 0.717) is 24.3 Å². The monoisotopic (exact) mass is 334 g/mol. The number of hydrogen-bond acceptors (Lipinski definition) is 3. The van der Waals surface area contributed by atoms with Crippen LogP contribution in [-0.4, -0.2) is 37.2 Å². The minimum absolute atomic E-state index is 0.0108. The van der Waals surface area contributed by atoms with Crippen molar-refractivity contribution >= 4 is 5.91 Å². The van der Waals surface area contributed by atoms with Gasteiger partial charge in [0.15, 0.2) is 0 Å². The van der Waals surface area contributed by atoms with Crippen LogP contribution in [0.4, 0.5) is 13.2 Å². The fourth-order valence-corrected chi connectivity index (χ4v) is 2.62. The highest BCUT2D eigenvalue weighted by Crippen LogP contribution is 2.29. The highest BCUT2D eigenvalue weighted by molar-refractivity contribution is 5.82. The second kappa shape index (κ2) is 7.27. The highest BCUT2D eigenvalue weighted by atomic mass is 19.4. The molecule has 0 saturated heterocycles. The van der Waals surface area contributed by atoms with E-state index < -0.39 is 17.5 Å². The van der Waals surface area contributed by atoms with Crippen LogP contribution in [0.5, 0.6) is 0 Å². The molecule has 1 unspecified atom stereocenters. The summed E-state index contributed by atoms with van der Waals surface area (Å²) in [5.74, 6) is -1.41. The first-order valence-electron chi connectivity index (χ1n) is 7.50. The van der Waals surface area contributed by atoms with E-state index in [0.717, 1.165) is 4.90 Å². The minimum Gasteiger partial charge on any atom is -0.501 e. The van der Waals surface area contributed by atoms with Gasteiger partial charge in [-0.1, -0.05) is 26.8 Å². The minimum atomic E-state index is -4.88. The van der Waals surface area contributed by atoms with Crippen molar-refractivity contribution in [2.45, 2.75) is 39.8 Å². The standard InChI is InChI=1S/C16H25F3N2O2/c1-11-7-12(20)8-13(23-4)5-6-15(2,3)10-21(9-11)14(22)16(17,18)19/h5,7,11H,6,8-10,20H2,1-4H3/b12-7+,13-5+. The van der Waals surface area contributed by atoms with E-state index in [1.54, 1.807) is 13.0 Å². The second-order valence-electron chi connectivity index (χ2n) is 6.82. The number of alkyl halides is 3. The third-order valence-corrected chi connectivity index (χ3v) is 3.68. The molecule has 4 nitrogen and oxygen atoms in total. The van der Waals surface area contributed by atoms with Crippen molar-refractivity contribution in [3.63, 3.8) is 0 Å². The number of hydrogen-bond donors (Lipinski definition) is 1. The maximum atomic E-state index is 12.8. The lowest BCUT2D eigenvalue weighted by atomic mass is 9.88. The van der Waals surface area contributed by atoms with E-state index in [9.17, 15) is 18.0 Å². The lowest BCUT2D eigenvalue weighted by Gasteiger charge is -2.33. The molecule has 0 spiro atoms. The van der Waals surface area contributed by atoms with Gasteiger partial charge in [-0.2, -0.15) is 13.2 Å². The van der Waals surface area contributed by atoms with Crippen molar-refractivity contribution < 1.29 is 22.7 Å². The fourth-order valence-electron chi connectivity index (χ4n) is 2.62. The molecule has 0 radical (unpaired) electrons. The van der Waals surface area contributed by atoms with Crippen molar-refractivity contribution in [3.05, 3.63) is 23.6 Å². The van der Waals surface area contributed by atoms with Gasteiger partial charge in [-0.3, -0.25) is 4.79 Å². The van der Waals surface area contributed by atoms with Gasteiger partial charge in [0.05, 0.1) is 12.9 Å². The molecule has 0 saturated carbocycles. The molecule has 23 heavy (non-hydrogen) atoms. The predicted octanol–water partition coefficient (Wildman–Crippen LogP) is 3.21. The van der Waals surface area contributed by atoms with Gasteiger partial charge < -0.3 is 15.4 Å². The van der Waals surface area contributed by atoms with E-state index in [-0.39, 0.29) is 19.0 Å². The third-order valence-electron chi connectivity index (χ3n) is 3.68. The molecular formula is C16H25F3N2O2. The molecule has 0 aliphatic carbocycles. The zero-order valence-electron chi connectivity index (χ0n) is 14.0. The molecule has 1 aliphatic heterocycles. The maximum absolute atomic E-state index is 12.8. The normalized spacial score (nSPS) is 28.0. The Hall–Kier alpha value is -1.66. The summed E-state index contributed by atoms with van der Waals surface area (Å²) in [5, 5.41) is 0. The molecule has 1 aliphatic rings. The van der Waals surface area contributed by atoms with Gasteiger partial charge in [-0.25, -0.2) is 0 Å². The molecule has 7 heteroatoms. The van der Waals surface area contributed by atoms with Crippen LogP contribution in [0.15, 0.2) is 23.6 Å². The summed E-state index contributed by atoms with van der Waals surface area (Å²) in [5.41, 5.74) is 5.93. The van der Waals surface area contributed by atoms with E-state index in [1.807, 2.05) is 19.9 Å². The molecule has 0 aromatic carbocycles. The summed E-state index contributed by atoms with van der Waals surface area (Å²) in [6.07, 6.45) is -0.475. The van der Waals surface area contributed by atoms with E-state index in [4.69, 9.17) is 10.5 Å². The molecular weight excluding hydrogens is 309 g/mol. The van der Waals surface area contributed by atoms with Gasteiger partial charge in [-0.05, 0) is 23.8 Å². The highest BCUT2D eigenvalue weighted by Gasteiger charge is 2.43. The average molecular weight is 334 g/mol. The number of methoxy groups -OCH3 is 1. The number of ether oxygens (including phenoxy) is 1. The van der Waals surface area contributed by atoms with Crippen LogP contribution in [0.25, 0.3) is 0 Å². The predicted molar refractivity (Wildman–Crippen MR) is 82.2 cm³/mol. The van der Waals surface area contributed by atoms with Gasteiger partial charge in [0, 0.05) is 25.2 Å². The molecule has 132 valence electrons. The maximum Gasteiger partial charge on any atom is 0.471 e. The van der Waals surface area contributed by atoms with E-state index >= 15 is 0 Å². The van der Waals surface area contributed by atoms with Gasteiger partial charge in [0.2, 0.25) is 0 Å². The Labute approximate surface area is 135 Å². The molecule has 1 atom stereocenters. The van der Waals surface area contributed by atoms with Gasteiger partial charge in [-0.15, -0.1) is 0 Å². The van der Waals surface area contributed by atoms with Crippen LogP contribution in [0.2, 0.25) is 0 Å². The molecule has 0 bridgehead atoms. The molecule has 1 heterocycles. The Morgan fingerprint density at radius 1 is 1.43 bits per heavy atom. The third kappa shape index (κ3) is 6.15. The Balaban J connectivity index is 3.15. The van der Waals surface area contributed by atoms with Crippen LogP contribution in [0.3, 0.4) is 0 Å². The van der Waals surface area contributed by atoms with Crippen molar-refractivity contribution in [1.29, 1.82) is 0 Å². The SMILES string of the molecule is CO/C1=C/CC(C)(C)CN(C(=O)C(F)(F)F)CC(C)/C=C(/N)C1.